The zero-order valence-electron chi connectivity index (χ0n) is 9.05. The van der Waals surface area contributed by atoms with E-state index in [0.717, 1.165) is 18.2 Å². The molecule has 0 saturated heterocycles. The third kappa shape index (κ3) is 4.15. The number of nitrogens with one attached hydrogen (secondary N) is 1. The van der Waals surface area contributed by atoms with Crippen LogP contribution in [0, 0.1) is 5.82 Å². The molecule has 18 heavy (non-hydrogen) atoms. The van der Waals surface area contributed by atoms with E-state index < -0.39 is 30.9 Å². The second-order valence-corrected chi connectivity index (χ2v) is 3.48. The van der Waals surface area contributed by atoms with Gasteiger partial charge >= 0.3 is 6.18 Å². The SMILES string of the molecule is O=Cc1cc(C(=O)NCCC(F)(F)F)ccc1F. The van der Waals surface area contributed by atoms with E-state index in [2.05, 4.69) is 0 Å². The van der Waals surface area contributed by atoms with Crippen molar-refractivity contribution in [1.82, 2.24) is 5.32 Å². The van der Waals surface area contributed by atoms with Gasteiger partial charge < -0.3 is 5.32 Å². The Morgan fingerprint density at radius 3 is 2.56 bits per heavy atom. The lowest BCUT2D eigenvalue weighted by atomic mass is 10.1. The summed E-state index contributed by atoms with van der Waals surface area (Å²) in [5, 5.41) is 2.03. The van der Waals surface area contributed by atoms with Crippen LogP contribution in [0.1, 0.15) is 27.1 Å². The van der Waals surface area contributed by atoms with E-state index in [1.54, 1.807) is 0 Å². The van der Waals surface area contributed by atoms with Gasteiger partial charge in [0.1, 0.15) is 5.82 Å². The van der Waals surface area contributed by atoms with Crippen LogP contribution in [0.15, 0.2) is 18.2 Å². The Morgan fingerprint density at radius 2 is 2.00 bits per heavy atom. The van der Waals surface area contributed by atoms with Crippen LogP contribution < -0.4 is 5.32 Å². The Hall–Kier alpha value is -1.92. The van der Waals surface area contributed by atoms with Gasteiger partial charge in [-0.15, -0.1) is 0 Å². The van der Waals surface area contributed by atoms with Crippen molar-refractivity contribution in [3.63, 3.8) is 0 Å². The lowest BCUT2D eigenvalue weighted by Gasteiger charge is -2.08. The number of carbonyl (C=O) groups excluding carboxylic acids is 2. The Kier molecular flexibility index (Phi) is 4.41. The molecule has 0 unspecified atom stereocenters. The van der Waals surface area contributed by atoms with E-state index >= 15 is 0 Å². The molecule has 0 aliphatic rings. The van der Waals surface area contributed by atoms with Crippen LogP contribution in [-0.4, -0.2) is 24.9 Å². The maximum atomic E-state index is 12.9. The maximum absolute atomic E-state index is 12.9. The summed E-state index contributed by atoms with van der Waals surface area (Å²) >= 11 is 0. The molecule has 1 aromatic rings. The van der Waals surface area contributed by atoms with Gasteiger partial charge in [0.2, 0.25) is 0 Å². The highest BCUT2D eigenvalue weighted by atomic mass is 19.4. The van der Waals surface area contributed by atoms with Crippen molar-refractivity contribution >= 4 is 12.2 Å². The zero-order valence-corrected chi connectivity index (χ0v) is 9.05. The predicted molar refractivity (Wildman–Crippen MR) is 54.8 cm³/mol. The molecule has 0 aromatic heterocycles. The van der Waals surface area contributed by atoms with Gasteiger partial charge in [-0.25, -0.2) is 4.39 Å². The van der Waals surface area contributed by atoms with Crippen LogP contribution in [-0.2, 0) is 0 Å². The predicted octanol–water partition coefficient (Wildman–Crippen LogP) is 2.32. The van der Waals surface area contributed by atoms with Gasteiger partial charge in [-0.3, -0.25) is 9.59 Å². The molecule has 0 aliphatic carbocycles. The maximum Gasteiger partial charge on any atom is 0.390 e. The van der Waals surface area contributed by atoms with Crippen molar-refractivity contribution in [3.8, 4) is 0 Å². The summed E-state index contributed by atoms with van der Waals surface area (Å²) in [7, 11) is 0. The molecule has 0 heterocycles. The molecule has 0 fully saturated rings. The molecule has 0 aliphatic heterocycles. The summed E-state index contributed by atoms with van der Waals surface area (Å²) in [4.78, 5) is 21.8. The number of alkyl halides is 3. The summed E-state index contributed by atoms with van der Waals surface area (Å²) in [6.45, 7) is -0.573. The molecule has 1 rings (SSSR count). The van der Waals surface area contributed by atoms with Gasteiger partial charge in [-0.05, 0) is 18.2 Å². The average Bonchev–Trinajstić information content (AvgIpc) is 2.27. The molecule has 7 heteroatoms. The Bertz CT molecular complexity index is 457. The fourth-order valence-electron chi connectivity index (χ4n) is 1.20. The van der Waals surface area contributed by atoms with Crippen LogP contribution in [0.25, 0.3) is 0 Å². The van der Waals surface area contributed by atoms with Crippen LogP contribution in [0.3, 0.4) is 0 Å². The van der Waals surface area contributed by atoms with Gasteiger partial charge in [0.15, 0.2) is 6.29 Å². The van der Waals surface area contributed by atoms with Crippen molar-refractivity contribution in [2.24, 2.45) is 0 Å². The topological polar surface area (TPSA) is 46.2 Å². The summed E-state index contributed by atoms with van der Waals surface area (Å²) in [6, 6.07) is 2.97. The second-order valence-electron chi connectivity index (χ2n) is 3.48. The molecule has 0 spiro atoms. The van der Waals surface area contributed by atoms with E-state index in [4.69, 9.17) is 0 Å². The van der Waals surface area contributed by atoms with Crippen molar-refractivity contribution < 1.29 is 27.2 Å². The molecule has 98 valence electrons. The van der Waals surface area contributed by atoms with E-state index in [1.165, 1.54) is 0 Å². The summed E-state index contributed by atoms with van der Waals surface area (Å²) in [6.07, 6.45) is -5.29. The lowest BCUT2D eigenvalue weighted by molar-refractivity contribution is -0.132. The third-order valence-electron chi connectivity index (χ3n) is 2.08. The summed E-state index contributed by atoms with van der Waals surface area (Å²) in [5.41, 5.74) is -0.390. The van der Waals surface area contributed by atoms with E-state index in [9.17, 15) is 27.2 Å². The molecule has 0 atom stereocenters. The first-order valence-electron chi connectivity index (χ1n) is 4.93. The van der Waals surface area contributed by atoms with Crippen molar-refractivity contribution in [2.75, 3.05) is 6.54 Å². The van der Waals surface area contributed by atoms with Gasteiger partial charge in [0.25, 0.3) is 5.91 Å². The van der Waals surface area contributed by atoms with Crippen LogP contribution in [0.4, 0.5) is 17.6 Å². The number of aldehydes is 1. The summed E-state index contributed by atoms with van der Waals surface area (Å²) in [5.74, 6) is -1.58. The van der Waals surface area contributed by atoms with Crippen LogP contribution in [0.2, 0.25) is 0 Å². The van der Waals surface area contributed by atoms with Crippen LogP contribution >= 0.6 is 0 Å². The van der Waals surface area contributed by atoms with Crippen molar-refractivity contribution in [2.45, 2.75) is 12.6 Å². The van der Waals surface area contributed by atoms with E-state index in [0.29, 0.717) is 0 Å². The number of amides is 1. The highest BCUT2D eigenvalue weighted by Crippen LogP contribution is 2.18. The van der Waals surface area contributed by atoms with Gasteiger partial charge in [0, 0.05) is 12.1 Å². The lowest BCUT2D eigenvalue weighted by Crippen LogP contribution is -2.28. The zero-order chi connectivity index (χ0) is 13.8. The number of benzene rings is 1. The number of hydrogen-bond acceptors (Lipinski definition) is 2. The Balaban J connectivity index is 2.65. The quantitative estimate of drug-likeness (QED) is 0.669. The average molecular weight is 263 g/mol. The monoisotopic (exact) mass is 263 g/mol. The molecule has 0 radical (unpaired) electrons. The normalized spacial score (nSPS) is 11.1. The number of hydrogen-bond donors (Lipinski definition) is 1. The van der Waals surface area contributed by atoms with Crippen molar-refractivity contribution in [3.05, 3.63) is 35.1 Å². The number of carbonyl (C=O) groups is 2. The first-order chi connectivity index (χ1) is 8.33. The highest BCUT2D eigenvalue weighted by molar-refractivity contribution is 5.95. The standard InChI is InChI=1S/C11H9F4NO2/c12-9-2-1-7(5-8(9)6-17)10(18)16-4-3-11(13,14)15/h1-2,5-6H,3-4H2,(H,16,18). The number of rotatable bonds is 4. The third-order valence-corrected chi connectivity index (χ3v) is 2.08. The fourth-order valence-corrected chi connectivity index (χ4v) is 1.20. The largest absolute Gasteiger partial charge is 0.390 e. The minimum atomic E-state index is -4.36. The van der Waals surface area contributed by atoms with Gasteiger partial charge in [0.05, 0.1) is 12.0 Å². The Labute approximate surface area is 99.8 Å². The molecule has 0 saturated carbocycles. The second kappa shape index (κ2) is 5.61. The van der Waals surface area contributed by atoms with Crippen molar-refractivity contribution in [1.29, 1.82) is 0 Å². The number of halogens is 4. The van der Waals surface area contributed by atoms with Gasteiger partial charge in [-0.2, -0.15) is 13.2 Å². The minimum absolute atomic E-state index is 0.0688. The minimum Gasteiger partial charge on any atom is -0.352 e. The fraction of sp³-hybridized carbons (Fsp3) is 0.273. The van der Waals surface area contributed by atoms with Gasteiger partial charge in [-0.1, -0.05) is 0 Å². The van der Waals surface area contributed by atoms with Crippen LogP contribution in [0.5, 0.6) is 0 Å². The smallest absolute Gasteiger partial charge is 0.352 e. The molecule has 0 bridgehead atoms. The first kappa shape index (κ1) is 14.1. The Morgan fingerprint density at radius 1 is 1.33 bits per heavy atom. The highest BCUT2D eigenvalue weighted by Gasteiger charge is 2.26. The molecular weight excluding hydrogens is 254 g/mol. The van der Waals surface area contributed by atoms with E-state index in [-0.39, 0.29) is 17.4 Å². The van der Waals surface area contributed by atoms with E-state index in [1.807, 2.05) is 5.32 Å². The molecule has 1 amide bonds. The molecular formula is C11H9F4NO2. The first-order valence-corrected chi connectivity index (χ1v) is 4.93. The molecule has 3 nitrogen and oxygen atoms in total. The molecule has 1 N–H and O–H groups in total. The summed E-state index contributed by atoms with van der Waals surface area (Å²) < 4.78 is 48.4. The molecule has 1 aromatic carbocycles.